The molecule has 0 spiro atoms. The van der Waals surface area contributed by atoms with E-state index in [9.17, 15) is 0 Å². The summed E-state index contributed by atoms with van der Waals surface area (Å²) in [6.45, 7) is 7.62. The predicted octanol–water partition coefficient (Wildman–Crippen LogP) is 4.81. The summed E-state index contributed by atoms with van der Waals surface area (Å²) in [4.78, 5) is 7.32. The van der Waals surface area contributed by atoms with E-state index < -0.39 is 0 Å². The molecule has 0 aromatic carbocycles. The molecule has 2 nitrogen and oxygen atoms in total. The summed E-state index contributed by atoms with van der Waals surface area (Å²) >= 11 is 5.33. The van der Waals surface area contributed by atoms with Crippen molar-refractivity contribution >= 4 is 27.3 Å². The average Bonchev–Trinajstić information content (AvgIpc) is 2.77. The Kier molecular flexibility index (Phi) is 5.75. The number of thiophene rings is 1. The summed E-state index contributed by atoms with van der Waals surface area (Å²) in [6.07, 6.45) is 3.96. The normalized spacial score (nSPS) is 12.6. The van der Waals surface area contributed by atoms with E-state index in [1.165, 1.54) is 15.3 Å². The van der Waals surface area contributed by atoms with E-state index in [2.05, 4.69) is 65.2 Å². The Bertz CT molecular complexity index is 529. The first-order chi connectivity index (χ1) is 9.60. The molecular formula is C16H21BrN2S. The third kappa shape index (κ3) is 4.14. The number of nitrogens with one attached hydrogen (secondary N) is 1. The van der Waals surface area contributed by atoms with Crippen LogP contribution in [0.1, 0.15) is 40.4 Å². The molecule has 0 saturated carbocycles. The fourth-order valence-corrected chi connectivity index (χ4v) is 3.45. The summed E-state index contributed by atoms with van der Waals surface area (Å²) in [5.41, 5.74) is 2.52. The van der Waals surface area contributed by atoms with E-state index in [0.29, 0.717) is 6.04 Å². The van der Waals surface area contributed by atoms with E-state index in [1.807, 2.05) is 17.5 Å². The smallest absolute Gasteiger partial charge is 0.0471 e. The lowest BCUT2D eigenvalue weighted by atomic mass is 10.1. The van der Waals surface area contributed by atoms with E-state index >= 15 is 0 Å². The molecule has 108 valence electrons. The number of nitrogens with zero attached hydrogens (tertiary/aromatic N) is 1. The largest absolute Gasteiger partial charge is 0.309 e. The Labute approximate surface area is 133 Å². The van der Waals surface area contributed by atoms with Gasteiger partial charge in [0, 0.05) is 38.6 Å². The predicted molar refractivity (Wildman–Crippen MR) is 90.5 cm³/mol. The quantitative estimate of drug-likeness (QED) is 0.806. The summed E-state index contributed by atoms with van der Waals surface area (Å²) in [5, 5.41) is 3.65. The highest BCUT2D eigenvalue weighted by Gasteiger charge is 2.15. The van der Waals surface area contributed by atoms with Crippen LogP contribution < -0.4 is 5.32 Å². The number of aromatic nitrogens is 1. The molecule has 0 radical (unpaired) electrons. The summed E-state index contributed by atoms with van der Waals surface area (Å²) in [5.74, 6) is 0. The van der Waals surface area contributed by atoms with Crippen molar-refractivity contribution < 1.29 is 0 Å². The molecule has 0 saturated heterocycles. The topological polar surface area (TPSA) is 24.9 Å². The fraction of sp³-hybridized carbons (Fsp3) is 0.438. The van der Waals surface area contributed by atoms with Crippen LogP contribution in [0.25, 0.3) is 0 Å². The Morgan fingerprint density at radius 2 is 2.15 bits per heavy atom. The summed E-state index contributed by atoms with van der Waals surface area (Å²) < 4.78 is 1.03. The van der Waals surface area contributed by atoms with Gasteiger partial charge in [0.15, 0.2) is 0 Å². The third-order valence-corrected chi connectivity index (χ3v) is 5.11. The second-order valence-electron chi connectivity index (χ2n) is 5.07. The highest BCUT2D eigenvalue weighted by atomic mass is 79.9. The summed E-state index contributed by atoms with van der Waals surface area (Å²) in [6, 6.07) is 6.83. The van der Waals surface area contributed by atoms with Crippen LogP contribution >= 0.6 is 27.3 Å². The third-order valence-electron chi connectivity index (χ3n) is 3.37. The highest BCUT2D eigenvalue weighted by Crippen LogP contribution is 2.28. The van der Waals surface area contributed by atoms with Gasteiger partial charge in [-0.05, 0) is 66.5 Å². The standard InChI is InChI=1S/C16H21BrN2S/c1-4-7-18-15(16-8-11(2)12(3)20-16)9-14-6-5-13(17)10-19-14/h5-6,8,10,15,18H,4,7,9H2,1-3H3. The fourth-order valence-electron chi connectivity index (χ4n) is 2.10. The van der Waals surface area contributed by atoms with Gasteiger partial charge in [0.1, 0.15) is 0 Å². The molecule has 0 amide bonds. The molecule has 2 rings (SSSR count). The van der Waals surface area contributed by atoms with E-state index in [-0.39, 0.29) is 0 Å². The molecule has 0 aliphatic carbocycles. The first-order valence-corrected chi connectivity index (χ1v) is 8.62. The van der Waals surface area contributed by atoms with Crippen LogP contribution in [-0.4, -0.2) is 11.5 Å². The number of rotatable bonds is 6. The minimum absolute atomic E-state index is 0.362. The Balaban J connectivity index is 2.16. The van der Waals surface area contributed by atoms with Gasteiger partial charge >= 0.3 is 0 Å². The molecule has 2 heterocycles. The number of pyridine rings is 1. The molecule has 1 N–H and O–H groups in total. The molecule has 0 aliphatic rings. The number of hydrogen-bond acceptors (Lipinski definition) is 3. The second kappa shape index (κ2) is 7.34. The van der Waals surface area contributed by atoms with Gasteiger partial charge in [-0.15, -0.1) is 11.3 Å². The SMILES string of the molecule is CCCNC(Cc1ccc(Br)cn1)c1cc(C)c(C)s1. The molecule has 2 aromatic rings. The molecule has 2 aromatic heterocycles. The minimum Gasteiger partial charge on any atom is -0.309 e. The van der Waals surface area contributed by atoms with Gasteiger partial charge in [0.25, 0.3) is 0 Å². The van der Waals surface area contributed by atoms with Gasteiger partial charge in [0.05, 0.1) is 0 Å². The number of halogens is 1. The maximum atomic E-state index is 4.50. The molecule has 1 unspecified atom stereocenters. The molecule has 1 atom stereocenters. The molecule has 4 heteroatoms. The zero-order valence-electron chi connectivity index (χ0n) is 12.2. The van der Waals surface area contributed by atoms with Crippen molar-refractivity contribution in [3.8, 4) is 0 Å². The van der Waals surface area contributed by atoms with Gasteiger partial charge in [-0.1, -0.05) is 6.92 Å². The van der Waals surface area contributed by atoms with Crippen molar-refractivity contribution in [2.24, 2.45) is 0 Å². The van der Waals surface area contributed by atoms with Crippen molar-refractivity contribution in [3.05, 3.63) is 49.9 Å². The molecule has 0 fully saturated rings. The average molecular weight is 353 g/mol. The van der Waals surface area contributed by atoms with Crippen molar-refractivity contribution in [1.82, 2.24) is 10.3 Å². The first kappa shape index (κ1) is 15.7. The maximum Gasteiger partial charge on any atom is 0.0471 e. The van der Waals surface area contributed by atoms with Crippen molar-refractivity contribution in [2.45, 2.75) is 39.7 Å². The van der Waals surface area contributed by atoms with Crippen LogP contribution in [0.3, 0.4) is 0 Å². The van der Waals surface area contributed by atoms with Crippen molar-refractivity contribution in [3.63, 3.8) is 0 Å². The minimum atomic E-state index is 0.362. The van der Waals surface area contributed by atoms with E-state index in [0.717, 1.165) is 29.6 Å². The number of hydrogen-bond donors (Lipinski definition) is 1. The highest BCUT2D eigenvalue weighted by molar-refractivity contribution is 9.10. The zero-order chi connectivity index (χ0) is 14.5. The van der Waals surface area contributed by atoms with Crippen LogP contribution in [0.5, 0.6) is 0 Å². The van der Waals surface area contributed by atoms with Gasteiger partial charge in [-0.2, -0.15) is 0 Å². The van der Waals surface area contributed by atoms with Crippen LogP contribution in [-0.2, 0) is 6.42 Å². The van der Waals surface area contributed by atoms with Crippen molar-refractivity contribution in [1.29, 1.82) is 0 Å². The van der Waals surface area contributed by atoms with Crippen molar-refractivity contribution in [2.75, 3.05) is 6.54 Å². The van der Waals surface area contributed by atoms with Gasteiger partial charge in [-0.3, -0.25) is 4.98 Å². The Morgan fingerprint density at radius 1 is 1.35 bits per heavy atom. The van der Waals surface area contributed by atoms with Gasteiger partial charge < -0.3 is 5.32 Å². The second-order valence-corrected chi connectivity index (χ2v) is 7.27. The van der Waals surface area contributed by atoms with Crippen LogP contribution in [0.2, 0.25) is 0 Å². The molecule has 20 heavy (non-hydrogen) atoms. The van der Waals surface area contributed by atoms with Gasteiger partial charge in [-0.25, -0.2) is 0 Å². The Hall–Kier alpha value is -0.710. The zero-order valence-corrected chi connectivity index (χ0v) is 14.6. The molecule has 0 bridgehead atoms. The Morgan fingerprint density at radius 3 is 2.70 bits per heavy atom. The first-order valence-electron chi connectivity index (χ1n) is 7.01. The molecular weight excluding hydrogens is 332 g/mol. The lowest BCUT2D eigenvalue weighted by molar-refractivity contribution is 0.531. The number of aryl methyl sites for hydroxylation is 2. The van der Waals surface area contributed by atoms with E-state index in [4.69, 9.17) is 0 Å². The monoisotopic (exact) mass is 352 g/mol. The van der Waals surface area contributed by atoms with E-state index in [1.54, 1.807) is 0 Å². The lowest BCUT2D eigenvalue weighted by Crippen LogP contribution is -2.23. The van der Waals surface area contributed by atoms with Crippen LogP contribution in [0.15, 0.2) is 28.9 Å². The van der Waals surface area contributed by atoms with Crippen LogP contribution in [0.4, 0.5) is 0 Å². The lowest BCUT2D eigenvalue weighted by Gasteiger charge is -2.17. The summed E-state index contributed by atoms with van der Waals surface area (Å²) in [7, 11) is 0. The van der Waals surface area contributed by atoms with Crippen LogP contribution in [0, 0.1) is 13.8 Å². The van der Waals surface area contributed by atoms with Gasteiger partial charge in [0.2, 0.25) is 0 Å². The molecule has 0 aliphatic heterocycles. The maximum absolute atomic E-state index is 4.50.